The van der Waals surface area contributed by atoms with Crippen LogP contribution in [0.2, 0.25) is 0 Å². The molecule has 134 valence electrons. The van der Waals surface area contributed by atoms with Crippen LogP contribution in [-0.4, -0.2) is 9.97 Å². The lowest BCUT2D eigenvalue weighted by molar-refractivity contribution is 0.652. The summed E-state index contributed by atoms with van der Waals surface area (Å²) in [6.45, 7) is -5.21. The van der Waals surface area contributed by atoms with Gasteiger partial charge >= 0.3 is 0 Å². The minimum absolute atomic E-state index is 0.257. The van der Waals surface area contributed by atoms with Crippen molar-refractivity contribution < 1.29 is 17.1 Å². The van der Waals surface area contributed by atoms with Crippen molar-refractivity contribution in [3.63, 3.8) is 0 Å². The van der Waals surface area contributed by atoms with E-state index in [-0.39, 0.29) is 11.1 Å². The number of aryl methyl sites for hydroxylation is 2. The molecular formula is C24H16N2O2. The molecule has 0 unspecified atom stereocenters. The molecule has 28 heavy (non-hydrogen) atoms. The van der Waals surface area contributed by atoms with E-state index < -0.39 is 13.7 Å². The van der Waals surface area contributed by atoms with Gasteiger partial charge in [0.2, 0.25) is 5.71 Å². The van der Waals surface area contributed by atoms with Crippen LogP contribution in [0, 0.1) is 13.7 Å². The average Bonchev–Trinajstić information content (AvgIpc) is 3.33. The number of hydrogen-bond acceptors (Lipinski definition) is 4. The summed E-state index contributed by atoms with van der Waals surface area (Å²) in [4.78, 5) is 8.98. The Kier molecular flexibility index (Phi) is 2.06. The second kappa shape index (κ2) is 5.42. The normalized spacial score (nSPS) is 16.0. The third-order valence-corrected chi connectivity index (χ3v) is 5.00. The fourth-order valence-corrected chi connectivity index (χ4v) is 3.65. The lowest BCUT2D eigenvalue weighted by Gasteiger charge is -2.05. The quantitative estimate of drug-likeness (QED) is 0.329. The molecule has 2 aromatic carbocycles. The Morgan fingerprint density at radius 2 is 1.71 bits per heavy atom. The highest BCUT2D eigenvalue weighted by atomic mass is 16.3. The summed E-state index contributed by atoms with van der Waals surface area (Å²) in [5, 5.41) is 2.47. The van der Waals surface area contributed by atoms with Gasteiger partial charge in [0.15, 0.2) is 5.58 Å². The molecule has 0 aliphatic carbocycles. The van der Waals surface area contributed by atoms with E-state index in [0.717, 1.165) is 22.6 Å². The zero-order chi connectivity index (χ0) is 23.8. The van der Waals surface area contributed by atoms with Gasteiger partial charge in [0.05, 0.1) is 11.1 Å². The Balaban J connectivity index is 1.61. The molecule has 4 heteroatoms. The van der Waals surface area contributed by atoms with Crippen LogP contribution in [0.15, 0.2) is 69.6 Å². The second-order valence-electron chi connectivity index (χ2n) is 6.69. The number of rotatable bonds is 1. The monoisotopic (exact) mass is 370 g/mol. The van der Waals surface area contributed by atoms with Crippen LogP contribution in [0.4, 0.5) is 0 Å². The Bertz CT molecular complexity index is 1740. The van der Waals surface area contributed by atoms with E-state index in [4.69, 9.17) is 22.0 Å². The first kappa shape index (κ1) is 10.6. The van der Waals surface area contributed by atoms with Crippen molar-refractivity contribution in [3.8, 4) is 11.3 Å². The van der Waals surface area contributed by atoms with E-state index in [1.165, 1.54) is 6.07 Å². The van der Waals surface area contributed by atoms with Gasteiger partial charge in [-0.3, -0.25) is 4.98 Å². The van der Waals surface area contributed by atoms with Crippen molar-refractivity contribution in [3.05, 3.63) is 71.9 Å². The third-order valence-electron chi connectivity index (χ3n) is 5.00. The van der Waals surface area contributed by atoms with Gasteiger partial charge in [-0.15, -0.1) is 0 Å². The topological polar surface area (TPSA) is 52.1 Å². The first-order valence-corrected chi connectivity index (χ1v) is 8.76. The van der Waals surface area contributed by atoms with Crippen molar-refractivity contribution >= 4 is 44.1 Å². The highest BCUT2D eigenvalue weighted by molar-refractivity contribution is 6.13. The fraction of sp³-hybridized carbons (Fsp3) is 0.0833. The van der Waals surface area contributed by atoms with Gasteiger partial charge in [-0.2, -0.15) is 0 Å². The van der Waals surface area contributed by atoms with Crippen molar-refractivity contribution in [1.82, 2.24) is 9.97 Å². The smallest absolute Gasteiger partial charge is 0.228 e. The van der Waals surface area contributed by atoms with Crippen LogP contribution in [0.5, 0.6) is 0 Å². The van der Waals surface area contributed by atoms with E-state index in [0.29, 0.717) is 39.0 Å². The highest BCUT2D eigenvalue weighted by Gasteiger charge is 2.17. The maximum absolute atomic E-state index is 7.85. The van der Waals surface area contributed by atoms with Crippen LogP contribution >= 0.6 is 0 Å². The van der Waals surface area contributed by atoms with Gasteiger partial charge in [0, 0.05) is 30.8 Å². The summed E-state index contributed by atoms with van der Waals surface area (Å²) in [5.41, 5.74) is 3.17. The standard InChI is InChI=1S/C24H16N2O2/c1-13-10-19(25-12-14(13)2)16-7-5-8-17-22-21(27-23(16)17)11-18-15-6-3-4-9-20(15)28-24(18)26-22/h3-12H,1-2H3/i1D3,2D3. The SMILES string of the molecule is [2H]C([2H])([2H])c1cnc(-c2cccc3c2oc2cc4c(nc23)oc2ccccc24)cc1C([2H])([2H])[2H]. The van der Waals surface area contributed by atoms with Crippen LogP contribution in [0.25, 0.3) is 55.4 Å². The zero-order valence-corrected chi connectivity index (χ0v) is 14.5. The molecular weight excluding hydrogens is 348 g/mol. The van der Waals surface area contributed by atoms with Crippen molar-refractivity contribution in [2.75, 3.05) is 0 Å². The Hall–Kier alpha value is -3.66. The maximum Gasteiger partial charge on any atom is 0.228 e. The predicted molar refractivity (Wildman–Crippen MR) is 111 cm³/mol. The van der Waals surface area contributed by atoms with E-state index in [2.05, 4.69) is 4.98 Å². The Labute approximate surface area is 168 Å². The molecule has 0 radical (unpaired) electrons. The molecule has 4 heterocycles. The molecule has 6 rings (SSSR count). The van der Waals surface area contributed by atoms with Crippen LogP contribution < -0.4 is 0 Å². The number of fused-ring (bicyclic) bond motifs is 6. The highest BCUT2D eigenvalue weighted by Crippen LogP contribution is 2.37. The average molecular weight is 370 g/mol. The largest absolute Gasteiger partial charge is 0.454 e. The predicted octanol–water partition coefficient (Wildman–Crippen LogP) is 6.56. The third kappa shape index (κ3) is 2.06. The molecule has 6 aromatic rings. The van der Waals surface area contributed by atoms with Crippen LogP contribution in [0.1, 0.15) is 19.4 Å². The number of furan rings is 2. The summed E-state index contributed by atoms with van der Waals surface area (Å²) in [6, 6.07) is 16.3. The van der Waals surface area contributed by atoms with E-state index in [9.17, 15) is 0 Å². The molecule has 0 amide bonds. The van der Waals surface area contributed by atoms with E-state index in [1.807, 2.05) is 36.4 Å². The van der Waals surface area contributed by atoms with Crippen LogP contribution in [0.3, 0.4) is 0 Å². The summed E-state index contributed by atoms with van der Waals surface area (Å²) < 4.78 is 58.7. The number of hydrogen-bond donors (Lipinski definition) is 0. The second-order valence-corrected chi connectivity index (χ2v) is 6.69. The van der Waals surface area contributed by atoms with Gasteiger partial charge < -0.3 is 8.83 Å². The summed E-state index contributed by atoms with van der Waals surface area (Å²) in [5.74, 6) is 0. The van der Waals surface area contributed by atoms with Gasteiger partial charge in [-0.25, -0.2) is 4.98 Å². The summed E-state index contributed by atoms with van der Waals surface area (Å²) in [6.07, 6.45) is 1.11. The molecule has 0 fully saturated rings. The first-order valence-electron chi connectivity index (χ1n) is 11.8. The first-order chi connectivity index (χ1) is 16.1. The molecule has 0 spiro atoms. The fourth-order valence-electron chi connectivity index (χ4n) is 3.65. The lowest BCUT2D eigenvalue weighted by atomic mass is 10.0. The summed E-state index contributed by atoms with van der Waals surface area (Å²) >= 11 is 0. The van der Waals surface area contributed by atoms with Gasteiger partial charge in [-0.1, -0.05) is 24.3 Å². The number of pyridine rings is 2. The van der Waals surface area contributed by atoms with E-state index in [1.54, 1.807) is 12.1 Å². The number of nitrogens with zero attached hydrogens (tertiary/aromatic N) is 2. The molecule has 0 N–H and O–H groups in total. The molecule has 0 aliphatic rings. The molecule has 0 aliphatic heterocycles. The van der Waals surface area contributed by atoms with Crippen molar-refractivity contribution in [2.45, 2.75) is 13.7 Å². The maximum atomic E-state index is 7.85. The molecule has 4 nitrogen and oxygen atoms in total. The minimum Gasteiger partial charge on any atom is -0.454 e. The van der Waals surface area contributed by atoms with Gasteiger partial charge in [-0.05, 0) is 55.2 Å². The lowest BCUT2D eigenvalue weighted by Crippen LogP contribution is -1.88. The molecule has 0 saturated heterocycles. The molecule has 0 bridgehead atoms. The van der Waals surface area contributed by atoms with E-state index >= 15 is 0 Å². The molecule has 4 aromatic heterocycles. The molecule has 0 saturated carbocycles. The zero-order valence-electron chi connectivity index (χ0n) is 20.5. The van der Waals surface area contributed by atoms with Crippen molar-refractivity contribution in [1.29, 1.82) is 0 Å². The number of aromatic nitrogens is 2. The number of benzene rings is 2. The summed E-state index contributed by atoms with van der Waals surface area (Å²) in [7, 11) is 0. The van der Waals surface area contributed by atoms with Crippen molar-refractivity contribution in [2.24, 2.45) is 0 Å². The Morgan fingerprint density at radius 1 is 0.821 bits per heavy atom. The van der Waals surface area contributed by atoms with Gasteiger partial charge in [0.25, 0.3) is 0 Å². The van der Waals surface area contributed by atoms with Crippen LogP contribution in [-0.2, 0) is 0 Å². The number of para-hydroxylation sites is 2. The van der Waals surface area contributed by atoms with Gasteiger partial charge in [0.1, 0.15) is 16.7 Å². The molecule has 0 atom stereocenters. The Morgan fingerprint density at radius 3 is 2.64 bits per heavy atom. The minimum atomic E-state index is -2.61.